The Morgan fingerprint density at radius 1 is 1.43 bits per heavy atom. The molecule has 3 N–H and O–H groups in total. The number of carbonyl (C=O) groups is 1. The first kappa shape index (κ1) is 16.9. The molecule has 0 heterocycles. The van der Waals surface area contributed by atoms with Crippen LogP contribution in [0.4, 0.5) is 10.5 Å². The van der Waals surface area contributed by atoms with Gasteiger partial charge in [-0.25, -0.2) is 4.79 Å². The van der Waals surface area contributed by atoms with Gasteiger partial charge in [-0.1, -0.05) is 26.0 Å². The van der Waals surface area contributed by atoms with E-state index in [4.69, 9.17) is 0 Å². The molecule has 0 radical (unpaired) electrons. The van der Waals surface area contributed by atoms with Crippen LogP contribution in [0.2, 0.25) is 0 Å². The van der Waals surface area contributed by atoms with Gasteiger partial charge in [0.05, 0.1) is 10.5 Å². The number of carbonyl (C=O) groups excluding carboxylic acids is 1. The van der Waals surface area contributed by atoms with Gasteiger partial charge in [-0.05, 0) is 18.4 Å². The lowest BCUT2D eigenvalue weighted by Gasteiger charge is -2.27. The number of non-ortho nitro benzene ring substituents is 1. The van der Waals surface area contributed by atoms with Crippen LogP contribution in [0.5, 0.6) is 0 Å². The van der Waals surface area contributed by atoms with Crippen molar-refractivity contribution in [2.45, 2.75) is 32.9 Å². The van der Waals surface area contributed by atoms with E-state index in [2.05, 4.69) is 10.6 Å². The molecule has 0 aromatic heterocycles. The molecule has 0 aliphatic carbocycles. The van der Waals surface area contributed by atoms with E-state index in [-0.39, 0.29) is 24.7 Å². The number of benzene rings is 1. The van der Waals surface area contributed by atoms with Gasteiger partial charge in [0.2, 0.25) is 0 Å². The lowest BCUT2D eigenvalue weighted by atomic mass is 9.93. The number of rotatable bonds is 6. The maximum absolute atomic E-state index is 11.6. The summed E-state index contributed by atoms with van der Waals surface area (Å²) >= 11 is 0. The average molecular weight is 295 g/mol. The second kappa shape index (κ2) is 7.03. The molecule has 2 amide bonds. The Bertz CT molecular complexity index is 515. The molecule has 21 heavy (non-hydrogen) atoms. The maximum Gasteiger partial charge on any atom is 0.315 e. The Kier molecular flexibility index (Phi) is 5.66. The molecule has 0 saturated heterocycles. The van der Waals surface area contributed by atoms with Crippen LogP contribution in [0.3, 0.4) is 0 Å². The number of hydrogen-bond donors (Lipinski definition) is 3. The van der Waals surface area contributed by atoms with Crippen molar-refractivity contribution < 1.29 is 14.8 Å². The third kappa shape index (κ3) is 5.39. The minimum Gasteiger partial charge on any atom is -0.388 e. The van der Waals surface area contributed by atoms with E-state index in [0.29, 0.717) is 5.56 Å². The average Bonchev–Trinajstić information content (AvgIpc) is 2.43. The van der Waals surface area contributed by atoms with Gasteiger partial charge >= 0.3 is 6.03 Å². The van der Waals surface area contributed by atoms with E-state index in [9.17, 15) is 20.0 Å². The molecule has 1 aromatic rings. The fourth-order valence-corrected chi connectivity index (χ4v) is 1.49. The molecule has 1 aromatic carbocycles. The van der Waals surface area contributed by atoms with Crippen molar-refractivity contribution >= 4 is 11.7 Å². The lowest BCUT2D eigenvalue weighted by molar-refractivity contribution is -0.384. The van der Waals surface area contributed by atoms with E-state index in [0.717, 1.165) is 0 Å². The number of aliphatic hydroxyl groups is 1. The van der Waals surface area contributed by atoms with Crippen molar-refractivity contribution in [3.8, 4) is 0 Å². The normalized spacial score (nSPS) is 13.6. The quantitative estimate of drug-likeness (QED) is 0.549. The van der Waals surface area contributed by atoms with E-state index in [1.807, 2.05) is 13.8 Å². The number of nitrogens with zero attached hydrogens (tertiary/aromatic N) is 1. The van der Waals surface area contributed by atoms with Gasteiger partial charge in [0.25, 0.3) is 5.69 Å². The van der Waals surface area contributed by atoms with E-state index >= 15 is 0 Å². The molecule has 0 saturated carbocycles. The largest absolute Gasteiger partial charge is 0.388 e. The summed E-state index contributed by atoms with van der Waals surface area (Å²) in [5.74, 6) is 0.00886. The second-order valence-corrected chi connectivity index (χ2v) is 5.48. The molecule has 1 atom stereocenters. The first-order chi connectivity index (χ1) is 9.72. The number of nitrogens with one attached hydrogen (secondary N) is 2. The SMILES string of the molecule is CC(C)C(C)(O)CNC(=O)NCc1cccc([N+](=O)[O-])c1. The number of nitro benzene ring substituents is 1. The fourth-order valence-electron chi connectivity index (χ4n) is 1.49. The molecule has 1 unspecified atom stereocenters. The van der Waals surface area contributed by atoms with Crippen LogP contribution < -0.4 is 10.6 Å². The lowest BCUT2D eigenvalue weighted by Crippen LogP contribution is -2.47. The minimum absolute atomic E-state index is 0.00886. The number of hydrogen-bond acceptors (Lipinski definition) is 4. The van der Waals surface area contributed by atoms with Crippen LogP contribution in [0.1, 0.15) is 26.3 Å². The standard InChI is InChI=1S/C14H21N3O4/c1-10(2)14(3,19)9-16-13(18)15-8-11-5-4-6-12(7-11)17(20)21/h4-7,10,19H,8-9H2,1-3H3,(H2,15,16,18). The van der Waals surface area contributed by atoms with Gasteiger partial charge in [-0.15, -0.1) is 0 Å². The molecule has 7 nitrogen and oxygen atoms in total. The highest BCUT2D eigenvalue weighted by molar-refractivity contribution is 5.73. The zero-order valence-corrected chi connectivity index (χ0v) is 12.4. The first-order valence-electron chi connectivity index (χ1n) is 6.70. The van der Waals surface area contributed by atoms with Crippen LogP contribution in [-0.4, -0.2) is 28.2 Å². The molecule has 7 heteroatoms. The molecule has 0 spiro atoms. The Hall–Kier alpha value is -2.15. The topological polar surface area (TPSA) is 104 Å². The smallest absolute Gasteiger partial charge is 0.315 e. The van der Waals surface area contributed by atoms with Crippen LogP contribution in [0.25, 0.3) is 0 Å². The number of urea groups is 1. The molecular weight excluding hydrogens is 274 g/mol. The van der Waals surface area contributed by atoms with E-state index in [1.165, 1.54) is 12.1 Å². The highest BCUT2D eigenvalue weighted by atomic mass is 16.6. The third-order valence-electron chi connectivity index (χ3n) is 3.43. The summed E-state index contributed by atoms with van der Waals surface area (Å²) in [5, 5.41) is 25.8. The predicted octanol–water partition coefficient (Wildman–Crippen LogP) is 1.80. The van der Waals surface area contributed by atoms with Gasteiger partial charge in [0.15, 0.2) is 0 Å². The van der Waals surface area contributed by atoms with Gasteiger partial charge in [0, 0.05) is 25.2 Å². The summed E-state index contributed by atoms with van der Waals surface area (Å²) in [5.41, 5.74) is -0.365. The maximum atomic E-state index is 11.6. The molecule has 1 rings (SSSR count). The van der Waals surface area contributed by atoms with E-state index < -0.39 is 16.6 Å². The van der Waals surface area contributed by atoms with Crippen molar-refractivity contribution in [2.24, 2.45) is 5.92 Å². The summed E-state index contributed by atoms with van der Waals surface area (Å²) in [6, 6.07) is 5.63. The van der Waals surface area contributed by atoms with Crippen molar-refractivity contribution in [3.05, 3.63) is 39.9 Å². The molecule has 0 aliphatic heterocycles. The van der Waals surface area contributed by atoms with Gasteiger partial charge in [0.1, 0.15) is 0 Å². The molecule has 0 aliphatic rings. The van der Waals surface area contributed by atoms with Crippen LogP contribution in [0, 0.1) is 16.0 Å². The second-order valence-electron chi connectivity index (χ2n) is 5.48. The zero-order chi connectivity index (χ0) is 16.0. The van der Waals surface area contributed by atoms with Crippen LogP contribution >= 0.6 is 0 Å². The number of nitro groups is 1. The Morgan fingerprint density at radius 2 is 2.10 bits per heavy atom. The minimum atomic E-state index is -0.983. The van der Waals surface area contributed by atoms with Crippen molar-refractivity contribution in [2.75, 3.05) is 6.54 Å². The number of amides is 2. The monoisotopic (exact) mass is 295 g/mol. The molecular formula is C14H21N3O4. The van der Waals surface area contributed by atoms with Crippen LogP contribution in [-0.2, 0) is 6.54 Å². The zero-order valence-electron chi connectivity index (χ0n) is 12.4. The first-order valence-corrected chi connectivity index (χ1v) is 6.70. The predicted molar refractivity (Wildman–Crippen MR) is 78.8 cm³/mol. The summed E-state index contributed by atoms with van der Waals surface area (Å²) in [7, 11) is 0. The highest BCUT2D eigenvalue weighted by Gasteiger charge is 2.25. The van der Waals surface area contributed by atoms with Crippen molar-refractivity contribution in [3.63, 3.8) is 0 Å². The summed E-state index contributed by atoms with van der Waals surface area (Å²) < 4.78 is 0. The summed E-state index contributed by atoms with van der Waals surface area (Å²) in [6.07, 6.45) is 0. The molecule has 116 valence electrons. The van der Waals surface area contributed by atoms with Gasteiger partial charge in [-0.2, -0.15) is 0 Å². The van der Waals surface area contributed by atoms with Crippen molar-refractivity contribution in [1.82, 2.24) is 10.6 Å². The summed E-state index contributed by atoms with van der Waals surface area (Å²) in [6.45, 7) is 5.69. The van der Waals surface area contributed by atoms with Gasteiger partial charge < -0.3 is 15.7 Å². The van der Waals surface area contributed by atoms with Crippen molar-refractivity contribution in [1.29, 1.82) is 0 Å². The van der Waals surface area contributed by atoms with E-state index in [1.54, 1.807) is 19.1 Å². The Labute approximate surface area is 123 Å². The Balaban J connectivity index is 2.47. The highest BCUT2D eigenvalue weighted by Crippen LogP contribution is 2.14. The molecule has 0 fully saturated rings. The Morgan fingerprint density at radius 3 is 2.67 bits per heavy atom. The third-order valence-corrected chi connectivity index (χ3v) is 3.43. The molecule has 0 bridgehead atoms. The fraction of sp³-hybridized carbons (Fsp3) is 0.500. The summed E-state index contributed by atoms with van der Waals surface area (Å²) in [4.78, 5) is 21.8. The van der Waals surface area contributed by atoms with Gasteiger partial charge in [-0.3, -0.25) is 10.1 Å². The van der Waals surface area contributed by atoms with Crippen LogP contribution in [0.15, 0.2) is 24.3 Å².